The highest BCUT2D eigenvalue weighted by atomic mass is 15.2. The van der Waals surface area contributed by atoms with E-state index >= 15 is 0 Å². The zero-order valence-electron chi connectivity index (χ0n) is 16.0. The van der Waals surface area contributed by atoms with Crippen molar-refractivity contribution in [2.24, 2.45) is 4.99 Å². The first-order valence-corrected chi connectivity index (χ1v) is 9.03. The van der Waals surface area contributed by atoms with E-state index in [1.54, 1.807) is 7.05 Å². The van der Waals surface area contributed by atoms with Gasteiger partial charge in [-0.15, -0.1) is 0 Å². The van der Waals surface area contributed by atoms with Crippen LogP contribution in [0, 0.1) is 0 Å². The molecule has 0 bridgehead atoms. The van der Waals surface area contributed by atoms with Gasteiger partial charge < -0.3 is 10.6 Å². The molecule has 0 aliphatic rings. The van der Waals surface area contributed by atoms with Crippen LogP contribution in [0.5, 0.6) is 0 Å². The van der Waals surface area contributed by atoms with E-state index in [4.69, 9.17) is 0 Å². The summed E-state index contributed by atoms with van der Waals surface area (Å²) in [4.78, 5) is 8.54. The molecule has 0 aliphatic carbocycles. The number of nitrogens with zero attached hydrogens (tertiary/aromatic N) is 3. The minimum Gasteiger partial charge on any atom is -0.356 e. The fourth-order valence-corrected chi connectivity index (χ4v) is 2.88. The number of benzene rings is 2. The smallest absolute Gasteiger partial charge is 0.191 e. The van der Waals surface area contributed by atoms with Crippen molar-refractivity contribution in [1.29, 1.82) is 0 Å². The van der Waals surface area contributed by atoms with E-state index < -0.39 is 0 Å². The second kappa shape index (κ2) is 8.49. The Morgan fingerprint density at radius 3 is 2.59 bits per heavy atom. The van der Waals surface area contributed by atoms with Gasteiger partial charge in [0, 0.05) is 31.1 Å². The van der Waals surface area contributed by atoms with E-state index in [2.05, 4.69) is 81.1 Å². The Hall–Kier alpha value is -3.15. The third kappa shape index (κ3) is 4.94. The van der Waals surface area contributed by atoms with E-state index in [0.29, 0.717) is 6.54 Å². The average Bonchev–Trinajstić information content (AvgIpc) is 3.24. The normalized spacial score (nSPS) is 12.0. The summed E-state index contributed by atoms with van der Waals surface area (Å²) < 4.78 is 0. The quantitative estimate of drug-likeness (QED) is 0.465. The fraction of sp³-hybridized carbons (Fsp3) is 0.286. The predicted octanol–water partition coefficient (Wildman–Crippen LogP) is 3.11. The van der Waals surface area contributed by atoms with Gasteiger partial charge in [-0.3, -0.25) is 10.1 Å². The molecule has 3 N–H and O–H groups in total. The van der Waals surface area contributed by atoms with Crippen LogP contribution in [0.1, 0.15) is 25.0 Å². The highest BCUT2D eigenvalue weighted by molar-refractivity contribution is 5.79. The standard InChI is InChI=1S/C21H26N6/c1-21(2,18-10-5-4-6-11-18)14-24-20(22-3)23-13-16-8-7-9-17(12-16)19-25-15-26-27-19/h4-12,15H,13-14H2,1-3H3,(H2,22,23,24)(H,25,26,27). The van der Waals surface area contributed by atoms with Crippen LogP contribution in [0.15, 0.2) is 65.9 Å². The number of hydrogen-bond acceptors (Lipinski definition) is 3. The number of hydrogen-bond donors (Lipinski definition) is 3. The SMILES string of the molecule is CN=C(NCc1cccc(-c2ncn[nH]2)c1)NCC(C)(C)c1ccccc1. The van der Waals surface area contributed by atoms with Crippen LogP contribution in [-0.4, -0.2) is 34.7 Å². The van der Waals surface area contributed by atoms with Crippen LogP contribution < -0.4 is 10.6 Å². The zero-order chi connectivity index (χ0) is 19.1. The first kappa shape index (κ1) is 18.6. The maximum absolute atomic E-state index is 4.34. The van der Waals surface area contributed by atoms with Crippen LogP contribution in [0.3, 0.4) is 0 Å². The van der Waals surface area contributed by atoms with Crippen LogP contribution in [0.2, 0.25) is 0 Å². The molecule has 0 unspecified atom stereocenters. The molecule has 1 heterocycles. The van der Waals surface area contributed by atoms with Gasteiger partial charge in [0.1, 0.15) is 6.33 Å². The Morgan fingerprint density at radius 2 is 1.89 bits per heavy atom. The van der Waals surface area contributed by atoms with Crippen molar-refractivity contribution in [1.82, 2.24) is 25.8 Å². The largest absolute Gasteiger partial charge is 0.356 e. The Bertz CT molecular complexity index is 869. The molecule has 27 heavy (non-hydrogen) atoms. The minimum absolute atomic E-state index is 0.00504. The van der Waals surface area contributed by atoms with Crippen molar-refractivity contribution < 1.29 is 0 Å². The van der Waals surface area contributed by atoms with E-state index in [-0.39, 0.29) is 5.41 Å². The Kier molecular flexibility index (Phi) is 5.86. The molecule has 6 nitrogen and oxygen atoms in total. The van der Waals surface area contributed by atoms with Crippen molar-refractivity contribution in [2.75, 3.05) is 13.6 Å². The summed E-state index contributed by atoms with van der Waals surface area (Å²) in [5.41, 5.74) is 3.47. The molecule has 0 amide bonds. The molecule has 3 aromatic rings. The number of aromatic amines is 1. The van der Waals surface area contributed by atoms with Crippen LogP contribution >= 0.6 is 0 Å². The molecular weight excluding hydrogens is 336 g/mol. The summed E-state index contributed by atoms with van der Waals surface area (Å²) in [5, 5.41) is 13.6. The third-order valence-electron chi connectivity index (χ3n) is 4.55. The van der Waals surface area contributed by atoms with Gasteiger partial charge in [0.25, 0.3) is 0 Å². The number of aromatic nitrogens is 3. The first-order valence-electron chi connectivity index (χ1n) is 9.03. The molecule has 0 saturated carbocycles. The van der Waals surface area contributed by atoms with Gasteiger partial charge in [-0.05, 0) is 17.2 Å². The molecule has 0 aliphatic heterocycles. The van der Waals surface area contributed by atoms with E-state index in [1.807, 2.05) is 18.2 Å². The number of H-pyrrole nitrogens is 1. The monoisotopic (exact) mass is 362 g/mol. The van der Waals surface area contributed by atoms with Crippen molar-refractivity contribution in [3.05, 3.63) is 72.1 Å². The number of aliphatic imine (C=N–C) groups is 1. The molecular formula is C21H26N6. The molecule has 3 rings (SSSR count). The lowest BCUT2D eigenvalue weighted by Gasteiger charge is -2.26. The van der Waals surface area contributed by atoms with Gasteiger partial charge in [0.15, 0.2) is 11.8 Å². The van der Waals surface area contributed by atoms with Crippen molar-refractivity contribution in [3.63, 3.8) is 0 Å². The fourth-order valence-electron chi connectivity index (χ4n) is 2.88. The first-order chi connectivity index (χ1) is 13.1. The van der Waals surface area contributed by atoms with Crippen molar-refractivity contribution in [2.45, 2.75) is 25.8 Å². The molecule has 0 saturated heterocycles. The zero-order valence-corrected chi connectivity index (χ0v) is 16.0. The van der Waals surface area contributed by atoms with Crippen LogP contribution in [0.4, 0.5) is 0 Å². The number of rotatable bonds is 6. The van der Waals surface area contributed by atoms with Crippen molar-refractivity contribution >= 4 is 5.96 Å². The number of guanidine groups is 1. The summed E-state index contributed by atoms with van der Waals surface area (Å²) >= 11 is 0. The molecule has 6 heteroatoms. The lowest BCUT2D eigenvalue weighted by Crippen LogP contribution is -2.43. The molecule has 2 aromatic carbocycles. The summed E-state index contributed by atoms with van der Waals surface area (Å²) in [6.45, 7) is 5.91. The number of nitrogens with one attached hydrogen (secondary N) is 3. The van der Waals surface area contributed by atoms with Gasteiger partial charge in [-0.25, -0.2) is 4.98 Å². The third-order valence-corrected chi connectivity index (χ3v) is 4.55. The molecule has 0 spiro atoms. The lowest BCUT2D eigenvalue weighted by molar-refractivity contribution is 0.508. The predicted molar refractivity (Wildman–Crippen MR) is 109 cm³/mol. The second-order valence-corrected chi connectivity index (χ2v) is 7.06. The van der Waals surface area contributed by atoms with Crippen LogP contribution in [0.25, 0.3) is 11.4 Å². The second-order valence-electron chi connectivity index (χ2n) is 7.06. The Labute approximate surface area is 160 Å². The van der Waals surface area contributed by atoms with Gasteiger partial charge in [-0.2, -0.15) is 5.10 Å². The van der Waals surface area contributed by atoms with E-state index in [0.717, 1.165) is 29.5 Å². The Morgan fingerprint density at radius 1 is 1.07 bits per heavy atom. The summed E-state index contributed by atoms with van der Waals surface area (Å²) in [5.74, 6) is 1.55. The Balaban J connectivity index is 1.58. The molecule has 140 valence electrons. The lowest BCUT2D eigenvalue weighted by atomic mass is 9.85. The van der Waals surface area contributed by atoms with Gasteiger partial charge in [-0.1, -0.05) is 62.4 Å². The minimum atomic E-state index is 0.00504. The maximum atomic E-state index is 4.34. The summed E-state index contributed by atoms with van der Waals surface area (Å²) in [6, 6.07) is 18.7. The van der Waals surface area contributed by atoms with E-state index in [1.165, 1.54) is 11.9 Å². The van der Waals surface area contributed by atoms with Gasteiger partial charge in [0.05, 0.1) is 0 Å². The van der Waals surface area contributed by atoms with E-state index in [9.17, 15) is 0 Å². The molecule has 0 fully saturated rings. The highest BCUT2D eigenvalue weighted by Gasteiger charge is 2.20. The average molecular weight is 362 g/mol. The van der Waals surface area contributed by atoms with Crippen LogP contribution in [-0.2, 0) is 12.0 Å². The van der Waals surface area contributed by atoms with Gasteiger partial charge >= 0.3 is 0 Å². The van der Waals surface area contributed by atoms with Crippen molar-refractivity contribution in [3.8, 4) is 11.4 Å². The molecule has 1 aromatic heterocycles. The molecule has 0 radical (unpaired) electrons. The highest BCUT2D eigenvalue weighted by Crippen LogP contribution is 2.21. The maximum Gasteiger partial charge on any atom is 0.191 e. The molecule has 0 atom stereocenters. The summed E-state index contributed by atoms with van der Waals surface area (Å²) in [6.07, 6.45) is 1.51. The topological polar surface area (TPSA) is 78.0 Å². The van der Waals surface area contributed by atoms with Gasteiger partial charge in [0.2, 0.25) is 0 Å². The summed E-state index contributed by atoms with van der Waals surface area (Å²) in [7, 11) is 1.79.